The Morgan fingerprint density at radius 2 is 1.84 bits per heavy atom. The van der Waals surface area contributed by atoms with E-state index in [4.69, 9.17) is 23.7 Å². The molecule has 32 heavy (non-hydrogen) atoms. The third-order valence-corrected chi connectivity index (χ3v) is 6.22. The molecule has 0 amide bonds. The first-order chi connectivity index (χ1) is 15.5. The van der Waals surface area contributed by atoms with Crippen LogP contribution in [-0.2, 0) is 18.9 Å². The maximum Gasteiger partial charge on any atom is 0.328 e. The Balaban J connectivity index is 1.49. The first-order valence-corrected chi connectivity index (χ1v) is 10.7. The third kappa shape index (κ3) is 3.81. The summed E-state index contributed by atoms with van der Waals surface area (Å²) in [7, 11) is 1.62. The highest BCUT2D eigenvalue weighted by Crippen LogP contribution is 2.41. The summed E-state index contributed by atoms with van der Waals surface area (Å²) in [6.45, 7) is 2.40. The van der Waals surface area contributed by atoms with Crippen LogP contribution in [0.15, 0.2) is 52.2 Å². The van der Waals surface area contributed by atoms with Crippen LogP contribution >= 0.6 is 0 Å². The number of aromatic amines is 1. The Kier molecular flexibility index (Phi) is 5.73. The van der Waals surface area contributed by atoms with Crippen molar-refractivity contribution in [1.29, 1.82) is 0 Å². The number of H-pyrrole nitrogens is 1. The van der Waals surface area contributed by atoms with Gasteiger partial charge in [-0.15, -0.1) is 0 Å². The molecule has 0 aliphatic carbocycles. The van der Waals surface area contributed by atoms with Crippen molar-refractivity contribution in [2.24, 2.45) is 0 Å². The molecule has 3 unspecified atom stereocenters. The molecule has 0 radical (unpaired) electrons. The largest absolute Gasteiger partial charge is 0.497 e. The molecule has 1 aromatic heterocycles. The van der Waals surface area contributed by atoms with E-state index < -0.39 is 35.8 Å². The van der Waals surface area contributed by atoms with Crippen LogP contribution in [0.25, 0.3) is 0 Å². The number of nitrogens with zero attached hydrogens (tertiary/aromatic N) is 1. The lowest BCUT2D eigenvalue weighted by molar-refractivity contribution is -0.324. The lowest BCUT2D eigenvalue weighted by Crippen LogP contribution is -2.61. The summed E-state index contributed by atoms with van der Waals surface area (Å²) in [6.07, 6.45) is 3.95. The van der Waals surface area contributed by atoms with Gasteiger partial charge in [-0.1, -0.05) is 24.3 Å². The molecular weight excluding hydrogens is 416 g/mol. The van der Waals surface area contributed by atoms with Crippen molar-refractivity contribution >= 4 is 0 Å². The molecule has 4 heterocycles. The van der Waals surface area contributed by atoms with Gasteiger partial charge in [-0.2, -0.15) is 0 Å². The first-order valence-electron chi connectivity index (χ1n) is 10.7. The number of ether oxygens (including phenoxy) is 5. The normalized spacial score (nSPS) is 32.9. The summed E-state index contributed by atoms with van der Waals surface area (Å²) in [4.78, 5) is 27.0. The zero-order chi connectivity index (χ0) is 22.2. The molecule has 3 aliphatic heterocycles. The fourth-order valence-corrected chi connectivity index (χ4v) is 4.60. The third-order valence-electron chi connectivity index (χ3n) is 6.22. The Hall–Kier alpha value is -2.72. The van der Waals surface area contributed by atoms with Crippen molar-refractivity contribution in [1.82, 2.24) is 9.55 Å². The van der Waals surface area contributed by atoms with Crippen molar-refractivity contribution in [2.75, 3.05) is 20.3 Å². The fraction of sp³-hybridized carbons (Fsp3) is 0.478. The van der Waals surface area contributed by atoms with Crippen molar-refractivity contribution < 1.29 is 23.7 Å². The quantitative estimate of drug-likeness (QED) is 0.721. The number of benzene rings is 1. The van der Waals surface area contributed by atoms with E-state index in [2.05, 4.69) is 4.98 Å². The average Bonchev–Trinajstić information content (AvgIpc) is 2.80. The fourth-order valence-electron chi connectivity index (χ4n) is 4.60. The molecular formula is C23H26N2O7. The molecule has 2 aromatic rings. The molecule has 3 aliphatic rings. The van der Waals surface area contributed by atoms with E-state index >= 15 is 0 Å². The van der Waals surface area contributed by atoms with Gasteiger partial charge < -0.3 is 23.7 Å². The Labute approximate surface area is 184 Å². The van der Waals surface area contributed by atoms with Crippen molar-refractivity contribution in [3.8, 4) is 5.75 Å². The highest BCUT2D eigenvalue weighted by atomic mass is 16.7. The van der Waals surface area contributed by atoms with E-state index in [9.17, 15) is 9.59 Å². The molecule has 2 fully saturated rings. The number of nitrogens with one attached hydrogen (secondary N) is 1. The second-order valence-corrected chi connectivity index (χ2v) is 8.23. The van der Waals surface area contributed by atoms with Gasteiger partial charge in [0.25, 0.3) is 5.56 Å². The number of hydrogen-bond acceptors (Lipinski definition) is 7. The van der Waals surface area contributed by atoms with Gasteiger partial charge in [-0.05, 0) is 25.5 Å². The molecule has 5 rings (SSSR count). The maximum absolute atomic E-state index is 12.7. The smallest absolute Gasteiger partial charge is 0.328 e. The lowest BCUT2D eigenvalue weighted by atomic mass is 9.89. The Morgan fingerprint density at radius 3 is 2.62 bits per heavy atom. The Morgan fingerprint density at radius 1 is 1.03 bits per heavy atom. The summed E-state index contributed by atoms with van der Waals surface area (Å²) in [5.41, 5.74) is 0.407. The monoisotopic (exact) mass is 442 g/mol. The van der Waals surface area contributed by atoms with Gasteiger partial charge in [0.05, 0.1) is 32.5 Å². The molecule has 170 valence electrons. The topological polar surface area (TPSA) is 101 Å². The van der Waals surface area contributed by atoms with Gasteiger partial charge in [-0.3, -0.25) is 14.3 Å². The highest BCUT2D eigenvalue weighted by molar-refractivity contribution is 5.28. The molecule has 1 N–H and O–H groups in total. The molecule has 0 saturated carbocycles. The van der Waals surface area contributed by atoms with Crippen molar-refractivity contribution in [2.45, 2.75) is 50.1 Å². The van der Waals surface area contributed by atoms with Gasteiger partial charge in [0.2, 0.25) is 0 Å². The van der Waals surface area contributed by atoms with Gasteiger partial charge in [0, 0.05) is 17.3 Å². The molecule has 9 nitrogen and oxygen atoms in total. The minimum atomic E-state index is -0.596. The summed E-state index contributed by atoms with van der Waals surface area (Å²) in [5.74, 6) is 0.745. The highest BCUT2D eigenvalue weighted by Gasteiger charge is 2.51. The van der Waals surface area contributed by atoms with Crippen molar-refractivity contribution in [3.05, 3.63) is 74.6 Å². The van der Waals surface area contributed by atoms with Crippen LogP contribution in [0.4, 0.5) is 0 Å². The van der Waals surface area contributed by atoms with E-state index in [1.54, 1.807) is 20.2 Å². The second kappa shape index (κ2) is 8.67. The summed E-state index contributed by atoms with van der Waals surface area (Å²) >= 11 is 0. The zero-order valence-electron chi connectivity index (χ0n) is 17.9. The van der Waals surface area contributed by atoms with E-state index in [1.165, 1.54) is 4.57 Å². The van der Waals surface area contributed by atoms with Gasteiger partial charge in [-0.25, -0.2) is 4.79 Å². The van der Waals surface area contributed by atoms with E-state index in [0.29, 0.717) is 25.2 Å². The SMILES string of the molecule is COc1ccc(C2OCC3O[C@@H]4C/C=C\CO[C@H](C4n4cc(C)c(=O)[nH]c4=O)[C@@H]3O2)cc1. The second-order valence-electron chi connectivity index (χ2n) is 8.23. The number of methoxy groups -OCH3 is 1. The zero-order valence-corrected chi connectivity index (χ0v) is 17.9. The van der Waals surface area contributed by atoms with E-state index in [1.807, 2.05) is 36.4 Å². The minimum Gasteiger partial charge on any atom is -0.497 e. The van der Waals surface area contributed by atoms with Crippen LogP contribution in [0.5, 0.6) is 5.75 Å². The van der Waals surface area contributed by atoms with Crippen LogP contribution in [0, 0.1) is 6.92 Å². The molecule has 2 saturated heterocycles. The predicted octanol–water partition coefficient (Wildman–Crippen LogP) is 1.62. The van der Waals surface area contributed by atoms with Crippen LogP contribution in [-0.4, -0.2) is 54.3 Å². The molecule has 9 heteroatoms. The summed E-state index contributed by atoms with van der Waals surface area (Å²) in [6, 6.07) is 7.03. The van der Waals surface area contributed by atoms with Gasteiger partial charge >= 0.3 is 5.69 Å². The number of rotatable bonds is 3. The van der Waals surface area contributed by atoms with Crippen LogP contribution in [0.2, 0.25) is 0 Å². The maximum atomic E-state index is 12.7. The van der Waals surface area contributed by atoms with Crippen molar-refractivity contribution in [3.63, 3.8) is 0 Å². The number of hydrogen-bond donors (Lipinski definition) is 1. The minimum absolute atomic E-state index is 0.328. The van der Waals surface area contributed by atoms with Gasteiger partial charge in [0.15, 0.2) is 6.29 Å². The molecule has 2 bridgehead atoms. The first kappa shape index (κ1) is 21.1. The van der Waals surface area contributed by atoms with Crippen LogP contribution in [0.1, 0.15) is 29.9 Å². The Bertz CT molecular complexity index is 1110. The standard InChI is InChI=1S/C23H26N2O7/c1-13-11-25(23(27)24-21(13)26)18-16-5-3-4-10-29-20(18)19-17(31-16)12-30-22(32-19)14-6-8-15(28-2)9-7-14/h3-4,6-9,11,16-20,22H,5,10,12H2,1-2H3,(H,24,26,27)/b4-3-/t16-,17?,18?,19-,20-,22?/m1/s1. The summed E-state index contributed by atoms with van der Waals surface area (Å²) < 4.78 is 31.6. The lowest BCUT2D eigenvalue weighted by Gasteiger charge is -2.50. The van der Waals surface area contributed by atoms with Crippen LogP contribution in [0.3, 0.4) is 0 Å². The molecule has 6 atom stereocenters. The van der Waals surface area contributed by atoms with Crippen LogP contribution < -0.4 is 16.0 Å². The molecule has 0 spiro atoms. The number of aromatic nitrogens is 2. The number of aryl methyl sites for hydroxylation is 1. The number of fused-ring (bicyclic) bond motifs is 4. The van der Waals surface area contributed by atoms with Gasteiger partial charge in [0.1, 0.15) is 24.1 Å². The predicted molar refractivity (Wildman–Crippen MR) is 114 cm³/mol. The van der Waals surface area contributed by atoms with E-state index in [-0.39, 0.29) is 12.2 Å². The molecule has 1 aromatic carbocycles. The summed E-state index contributed by atoms with van der Waals surface area (Å²) in [5, 5.41) is 0. The average molecular weight is 442 g/mol. The van der Waals surface area contributed by atoms with E-state index in [0.717, 1.165) is 11.3 Å².